The Morgan fingerprint density at radius 1 is 1.00 bits per heavy atom. The molecule has 8 nitrogen and oxygen atoms in total. The molecule has 1 aliphatic heterocycles. The van der Waals surface area contributed by atoms with E-state index in [2.05, 4.69) is 53.5 Å². The molecule has 0 radical (unpaired) electrons. The zero-order valence-electron chi connectivity index (χ0n) is 27.9. The minimum atomic E-state index is -2.32. The van der Waals surface area contributed by atoms with Gasteiger partial charge in [0.1, 0.15) is 24.6 Å². The van der Waals surface area contributed by atoms with Crippen LogP contribution in [0.3, 0.4) is 0 Å². The predicted molar refractivity (Wildman–Crippen MR) is 171 cm³/mol. The van der Waals surface area contributed by atoms with Gasteiger partial charge in [-0.2, -0.15) is 0 Å². The van der Waals surface area contributed by atoms with Crippen molar-refractivity contribution in [1.29, 1.82) is 0 Å². The first-order valence-corrected chi connectivity index (χ1v) is 21.6. The van der Waals surface area contributed by atoms with Crippen molar-refractivity contribution in [3.63, 3.8) is 0 Å². The van der Waals surface area contributed by atoms with E-state index in [1.54, 1.807) is 7.11 Å². The lowest BCUT2D eigenvalue weighted by atomic mass is 9.87. The minimum Gasteiger partial charge on any atom is -0.497 e. The molecule has 238 valence electrons. The number of hydrogen-bond donors (Lipinski definition) is 0. The summed E-state index contributed by atoms with van der Waals surface area (Å²) in [5.74, 6) is -0.0949. The lowest BCUT2D eigenvalue weighted by molar-refractivity contribution is -0.207. The minimum absolute atomic E-state index is 0.0675. The van der Waals surface area contributed by atoms with Crippen molar-refractivity contribution in [2.75, 3.05) is 20.3 Å². The number of carbonyl (C=O) groups excluding carboxylic acids is 2. The van der Waals surface area contributed by atoms with Gasteiger partial charge in [0, 0.05) is 26.5 Å². The molecular weight excluding hydrogens is 569 g/mol. The molecule has 0 aromatic heterocycles. The number of ether oxygens (including phenoxy) is 5. The number of carbonyl (C=O) groups is 2. The van der Waals surface area contributed by atoms with Crippen molar-refractivity contribution in [1.82, 2.24) is 0 Å². The molecule has 0 aliphatic carbocycles. The number of methoxy groups -OCH3 is 1. The SMILES string of the molecule is CCOC(=O)/C(=C/[C@H]1O[C@@H](COC(C)=O)[C@H](C)[C@@H](OCc2ccc(OC)cc2)[C@@H]1O[Si](C)(C)C(C)(C)C)C[Si](C)(C)C. The van der Waals surface area contributed by atoms with Crippen LogP contribution in [0.4, 0.5) is 0 Å². The first-order chi connectivity index (χ1) is 19.4. The molecule has 0 bridgehead atoms. The quantitative estimate of drug-likeness (QED) is 0.135. The summed E-state index contributed by atoms with van der Waals surface area (Å²) in [4.78, 5) is 25.0. The van der Waals surface area contributed by atoms with Crippen LogP contribution in [0.25, 0.3) is 0 Å². The van der Waals surface area contributed by atoms with Crippen LogP contribution in [-0.2, 0) is 39.6 Å². The highest BCUT2D eigenvalue weighted by Gasteiger charge is 2.49. The Kier molecular flexibility index (Phi) is 13.1. The van der Waals surface area contributed by atoms with Gasteiger partial charge in [-0.3, -0.25) is 4.79 Å². The zero-order chi connectivity index (χ0) is 31.9. The highest BCUT2D eigenvalue weighted by molar-refractivity contribution is 6.77. The molecule has 1 saturated heterocycles. The predicted octanol–water partition coefficient (Wildman–Crippen LogP) is 6.77. The fourth-order valence-electron chi connectivity index (χ4n) is 4.63. The Bertz CT molecular complexity index is 1060. The van der Waals surface area contributed by atoms with Gasteiger partial charge in [0.25, 0.3) is 0 Å². The standard InChI is InChI=1S/C32H54O8Si2/c1-13-36-31(34)25(21-41(8,9)10)18-27-30(40-42(11,12)32(4,5)6)29(22(2)28(39-27)20-37-23(3)33)38-19-24-14-16-26(35-7)17-15-24/h14-18,22,27-30H,13,19-21H2,1-12H3/b25-18+/t22-,27+,28-,29+,30+/m0/s1. The van der Waals surface area contributed by atoms with E-state index in [-0.39, 0.29) is 36.1 Å². The van der Waals surface area contributed by atoms with Crippen LogP contribution in [0, 0.1) is 5.92 Å². The van der Waals surface area contributed by atoms with Crippen molar-refractivity contribution in [2.45, 2.75) is 116 Å². The summed E-state index contributed by atoms with van der Waals surface area (Å²) in [6.45, 7) is 23.6. The zero-order valence-corrected chi connectivity index (χ0v) is 29.9. The Hall–Kier alpha value is -1.99. The van der Waals surface area contributed by atoms with E-state index in [1.807, 2.05) is 44.2 Å². The van der Waals surface area contributed by atoms with Gasteiger partial charge in [-0.1, -0.05) is 59.5 Å². The van der Waals surface area contributed by atoms with Crippen molar-refractivity contribution in [3.8, 4) is 5.75 Å². The summed E-state index contributed by atoms with van der Waals surface area (Å²) in [7, 11) is -2.39. The third-order valence-electron chi connectivity index (χ3n) is 8.00. The Balaban J connectivity index is 2.61. The second-order valence-electron chi connectivity index (χ2n) is 13.9. The summed E-state index contributed by atoms with van der Waals surface area (Å²) in [6, 6.07) is 8.42. The van der Waals surface area contributed by atoms with Crippen LogP contribution in [0.2, 0.25) is 43.8 Å². The van der Waals surface area contributed by atoms with Gasteiger partial charge in [0.05, 0.1) is 32.5 Å². The highest BCUT2D eigenvalue weighted by atomic mass is 28.4. The summed E-state index contributed by atoms with van der Waals surface area (Å²) in [6.07, 6.45) is -0.0474. The van der Waals surface area contributed by atoms with E-state index in [1.165, 1.54) is 6.92 Å². The second-order valence-corrected chi connectivity index (χ2v) is 24.1. The van der Waals surface area contributed by atoms with Crippen LogP contribution < -0.4 is 4.74 Å². The van der Waals surface area contributed by atoms with Crippen molar-refractivity contribution in [2.24, 2.45) is 5.92 Å². The van der Waals surface area contributed by atoms with Crippen LogP contribution >= 0.6 is 0 Å². The first-order valence-electron chi connectivity index (χ1n) is 15.0. The molecule has 0 saturated carbocycles. The summed E-state index contributed by atoms with van der Waals surface area (Å²) < 4.78 is 36.6. The van der Waals surface area contributed by atoms with Gasteiger partial charge >= 0.3 is 11.9 Å². The molecule has 42 heavy (non-hydrogen) atoms. The maximum atomic E-state index is 13.2. The second kappa shape index (κ2) is 15.1. The van der Waals surface area contributed by atoms with E-state index in [4.69, 9.17) is 28.1 Å². The smallest absolute Gasteiger partial charge is 0.333 e. The summed E-state index contributed by atoms with van der Waals surface area (Å²) in [5.41, 5.74) is 1.59. The molecule has 1 aromatic carbocycles. The molecule has 1 fully saturated rings. The number of esters is 2. The van der Waals surface area contributed by atoms with E-state index in [0.717, 1.165) is 11.3 Å². The average Bonchev–Trinajstić information content (AvgIpc) is 2.87. The van der Waals surface area contributed by atoms with Crippen LogP contribution in [0.15, 0.2) is 35.9 Å². The van der Waals surface area contributed by atoms with Crippen molar-refractivity contribution >= 4 is 28.3 Å². The van der Waals surface area contributed by atoms with Gasteiger partial charge in [-0.05, 0) is 54.9 Å². The first kappa shape index (κ1) is 36.2. The lowest BCUT2D eigenvalue weighted by Crippen LogP contribution is -2.60. The number of hydrogen-bond acceptors (Lipinski definition) is 8. The highest BCUT2D eigenvalue weighted by Crippen LogP contribution is 2.41. The molecule has 1 aliphatic rings. The van der Waals surface area contributed by atoms with E-state index in [9.17, 15) is 9.59 Å². The molecular formula is C32H54O8Si2. The molecule has 1 heterocycles. The maximum absolute atomic E-state index is 13.2. The average molecular weight is 623 g/mol. The Morgan fingerprint density at radius 3 is 2.12 bits per heavy atom. The van der Waals surface area contributed by atoms with Crippen LogP contribution in [0.5, 0.6) is 5.75 Å². The molecule has 0 spiro atoms. The van der Waals surface area contributed by atoms with Crippen molar-refractivity contribution < 1.29 is 37.7 Å². The van der Waals surface area contributed by atoms with Gasteiger partial charge in [-0.15, -0.1) is 0 Å². The van der Waals surface area contributed by atoms with Gasteiger partial charge in [-0.25, -0.2) is 4.79 Å². The van der Waals surface area contributed by atoms with Crippen LogP contribution in [-0.4, -0.2) is 73.1 Å². The van der Waals surface area contributed by atoms with E-state index >= 15 is 0 Å². The molecule has 2 rings (SSSR count). The van der Waals surface area contributed by atoms with Crippen LogP contribution in [0.1, 0.15) is 47.1 Å². The summed E-state index contributed by atoms with van der Waals surface area (Å²) in [5, 5.41) is -0.0675. The molecule has 1 aromatic rings. The number of rotatable bonds is 13. The molecule has 0 unspecified atom stereocenters. The van der Waals surface area contributed by atoms with E-state index < -0.39 is 40.8 Å². The topological polar surface area (TPSA) is 89.5 Å². The number of benzene rings is 1. The van der Waals surface area contributed by atoms with Gasteiger partial charge in [0.15, 0.2) is 8.32 Å². The maximum Gasteiger partial charge on any atom is 0.333 e. The lowest BCUT2D eigenvalue weighted by Gasteiger charge is -2.49. The molecule has 10 heteroatoms. The molecule has 5 atom stereocenters. The Morgan fingerprint density at radius 2 is 1.62 bits per heavy atom. The monoisotopic (exact) mass is 622 g/mol. The van der Waals surface area contributed by atoms with Crippen molar-refractivity contribution in [3.05, 3.63) is 41.5 Å². The normalized spacial score (nSPS) is 23.8. The summed E-state index contributed by atoms with van der Waals surface area (Å²) >= 11 is 0. The fourth-order valence-corrected chi connectivity index (χ4v) is 7.34. The third-order valence-corrected chi connectivity index (χ3v) is 13.9. The molecule has 0 amide bonds. The Labute approximate surface area is 255 Å². The third kappa shape index (κ3) is 10.6. The largest absolute Gasteiger partial charge is 0.497 e. The van der Waals surface area contributed by atoms with E-state index in [0.29, 0.717) is 18.2 Å². The fraction of sp³-hybridized carbons (Fsp3) is 0.688. The molecule has 0 N–H and O–H groups in total. The van der Waals surface area contributed by atoms with Gasteiger partial charge in [0.2, 0.25) is 0 Å². The van der Waals surface area contributed by atoms with Gasteiger partial charge < -0.3 is 28.1 Å².